The molecule has 0 saturated carbocycles. The predicted octanol–water partition coefficient (Wildman–Crippen LogP) is 6.36. The Balaban J connectivity index is 0.000000550. The Bertz CT molecular complexity index is 510. The third-order valence-electron chi connectivity index (χ3n) is 3.02. The van der Waals surface area contributed by atoms with E-state index in [2.05, 4.69) is 104 Å². The van der Waals surface area contributed by atoms with Gasteiger partial charge in [0.15, 0.2) is 0 Å². The fourth-order valence-corrected chi connectivity index (χ4v) is 2.36. The second-order valence-corrected chi connectivity index (χ2v) is 16.5. The van der Waals surface area contributed by atoms with Gasteiger partial charge in [-0.05, 0) is 49.9 Å². The average molecular weight is 515 g/mol. The van der Waals surface area contributed by atoms with Crippen molar-refractivity contribution in [2.24, 2.45) is 0 Å². The number of aryl methyl sites for hydroxylation is 4. The van der Waals surface area contributed by atoms with Gasteiger partial charge in [0, 0.05) is 0 Å². The van der Waals surface area contributed by atoms with Gasteiger partial charge in [0.1, 0.15) is 0 Å². The zero-order valence-electron chi connectivity index (χ0n) is 11.7. The van der Waals surface area contributed by atoms with E-state index in [1.807, 2.05) is 0 Å². The summed E-state index contributed by atoms with van der Waals surface area (Å²) >= 11 is 4.74. The normalized spacial score (nSPS) is 9.58. The van der Waals surface area contributed by atoms with Crippen LogP contribution in [0, 0.1) is 27.7 Å². The van der Waals surface area contributed by atoms with Gasteiger partial charge >= 0.3 is 49.4 Å². The molecule has 0 aliphatic heterocycles. The summed E-state index contributed by atoms with van der Waals surface area (Å²) in [7, 11) is 0.628. The molecule has 3 heteroatoms. The number of hydrogen-bond acceptors (Lipinski definition) is 0. The van der Waals surface area contributed by atoms with Crippen LogP contribution in [-0.4, -0.2) is 0 Å². The average Bonchev–Trinajstić information content (AvgIpc) is 2.31. The van der Waals surface area contributed by atoms with Crippen molar-refractivity contribution < 1.29 is 9.47 Å². The quantitative estimate of drug-likeness (QED) is 0.389. The Morgan fingerprint density at radius 1 is 0.737 bits per heavy atom. The summed E-state index contributed by atoms with van der Waals surface area (Å²) in [5.41, 5.74) is 8.07. The number of rotatable bonds is 1. The van der Waals surface area contributed by atoms with Gasteiger partial charge in [-0.25, -0.2) is 0 Å². The predicted molar refractivity (Wildman–Crippen MR) is 98.9 cm³/mol. The Hall–Kier alpha value is 0.484. The van der Waals surface area contributed by atoms with Gasteiger partial charge < -0.3 is 0 Å². The molecule has 0 unspecified atom stereocenters. The van der Waals surface area contributed by atoms with E-state index in [1.165, 1.54) is 33.4 Å². The van der Waals surface area contributed by atoms with Gasteiger partial charge in [0.2, 0.25) is 0 Å². The molecule has 0 spiro atoms. The molecule has 0 radical (unpaired) electrons. The van der Waals surface area contributed by atoms with Crippen LogP contribution < -0.4 is 0 Å². The van der Waals surface area contributed by atoms with E-state index in [-0.39, 0.29) is 0 Å². The summed E-state index contributed by atoms with van der Waals surface area (Å²) in [6.07, 6.45) is 0. The molecular weight excluding hydrogens is 497 g/mol. The fourth-order valence-electron chi connectivity index (χ4n) is 2.36. The van der Waals surface area contributed by atoms with Gasteiger partial charge in [-0.2, -0.15) is 0 Å². The number of benzene rings is 2. The van der Waals surface area contributed by atoms with Crippen molar-refractivity contribution in [2.45, 2.75) is 27.7 Å². The van der Waals surface area contributed by atoms with E-state index in [0.717, 1.165) is 0 Å². The van der Waals surface area contributed by atoms with Crippen LogP contribution in [0.15, 0.2) is 36.4 Å². The summed E-state index contributed by atoms with van der Waals surface area (Å²) in [4.78, 5) is 0. The monoisotopic (exact) mass is 515 g/mol. The van der Waals surface area contributed by atoms with Crippen molar-refractivity contribution in [1.29, 1.82) is 0 Å². The molecule has 0 saturated heterocycles. The van der Waals surface area contributed by atoms with Gasteiger partial charge in [0.25, 0.3) is 0 Å². The first-order chi connectivity index (χ1) is 8.99. The first-order valence-electron chi connectivity index (χ1n) is 6.06. The Morgan fingerprint density at radius 2 is 1.16 bits per heavy atom. The molecule has 0 aliphatic carbocycles. The van der Waals surface area contributed by atoms with Crippen molar-refractivity contribution in [1.82, 2.24) is 0 Å². The van der Waals surface area contributed by atoms with Crippen LogP contribution >= 0.6 is 40.0 Å². The summed E-state index contributed by atoms with van der Waals surface area (Å²) < 4.78 is 0. The second-order valence-electron chi connectivity index (χ2n) is 4.70. The third kappa shape index (κ3) is 5.41. The van der Waals surface area contributed by atoms with Crippen molar-refractivity contribution in [2.75, 3.05) is 0 Å². The van der Waals surface area contributed by atoms with Crippen LogP contribution in [0.3, 0.4) is 0 Å². The fraction of sp³-hybridized carbons (Fsp3) is 0.250. The molecule has 0 aliphatic rings. The van der Waals surface area contributed by atoms with Crippen molar-refractivity contribution in [3.8, 4) is 11.1 Å². The summed E-state index contributed by atoms with van der Waals surface area (Å²) in [5.74, 6) is 0. The minimum absolute atomic E-state index is 0.628. The molecule has 0 amide bonds. The topological polar surface area (TPSA) is 0 Å². The molecule has 19 heavy (non-hydrogen) atoms. The van der Waals surface area contributed by atoms with Gasteiger partial charge in [0.05, 0.1) is 0 Å². The first kappa shape index (κ1) is 17.5. The number of halogens is 2. The van der Waals surface area contributed by atoms with E-state index in [0.29, 0.717) is 9.47 Å². The summed E-state index contributed by atoms with van der Waals surface area (Å²) in [6, 6.07) is 13.3. The molecule has 101 valence electrons. The summed E-state index contributed by atoms with van der Waals surface area (Å²) in [6.45, 7) is 8.65. The van der Waals surface area contributed by atoms with Crippen LogP contribution in [0.2, 0.25) is 0 Å². The molecule has 0 bridgehead atoms. The van der Waals surface area contributed by atoms with Crippen molar-refractivity contribution >= 4 is 40.0 Å². The minimum atomic E-state index is 0.628. The van der Waals surface area contributed by atoms with E-state index in [1.54, 1.807) is 0 Å². The van der Waals surface area contributed by atoms with Crippen LogP contribution in [0.1, 0.15) is 22.3 Å². The van der Waals surface area contributed by atoms with E-state index < -0.39 is 0 Å². The zero-order chi connectivity index (χ0) is 14.4. The van der Waals surface area contributed by atoms with E-state index in [4.69, 9.17) is 0 Å². The molecule has 0 atom stereocenters. The Morgan fingerprint density at radius 3 is 1.58 bits per heavy atom. The standard InChI is InChI=1S/C16H18.2HI.V/c1-11-5-7-15(8-6-11)16-13(3)9-12(2)10-14(16)4;;;/h5-10H,1-4H3;2*1H;/q;;;+2/p-2. The SMILES string of the molecule is Cc1ccc(-c2c(C)cc(C)cc2C)cc1.[I][V][I]. The molecule has 0 N–H and O–H groups in total. The molecule has 0 aromatic heterocycles. The van der Waals surface area contributed by atoms with Crippen molar-refractivity contribution in [3.05, 3.63) is 58.7 Å². The Labute approximate surface area is 145 Å². The second kappa shape index (κ2) is 8.70. The van der Waals surface area contributed by atoms with Gasteiger partial charge in [-0.3, -0.25) is 0 Å². The molecule has 2 aromatic rings. The number of hydrogen-bond donors (Lipinski definition) is 0. The molecule has 0 nitrogen and oxygen atoms in total. The van der Waals surface area contributed by atoms with E-state index >= 15 is 0 Å². The molecule has 2 rings (SSSR count). The molecular formula is C16H18I2V. The van der Waals surface area contributed by atoms with Crippen molar-refractivity contribution in [3.63, 3.8) is 0 Å². The van der Waals surface area contributed by atoms with Crippen LogP contribution in [-0.2, 0) is 9.47 Å². The van der Waals surface area contributed by atoms with Crippen LogP contribution in [0.4, 0.5) is 0 Å². The van der Waals surface area contributed by atoms with Crippen LogP contribution in [0.5, 0.6) is 0 Å². The summed E-state index contributed by atoms with van der Waals surface area (Å²) in [5, 5.41) is 0. The maximum atomic E-state index is 2.37. The van der Waals surface area contributed by atoms with Crippen LogP contribution in [0.25, 0.3) is 11.1 Å². The van der Waals surface area contributed by atoms with Gasteiger partial charge in [-0.15, -0.1) is 0 Å². The van der Waals surface area contributed by atoms with Gasteiger partial charge in [-0.1, -0.05) is 47.5 Å². The van der Waals surface area contributed by atoms with E-state index in [9.17, 15) is 0 Å². The molecule has 0 heterocycles. The molecule has 0 fully saturated rings. The third-order valence-corrected chi connectivity index (χ3v) is 3.02. The first-order valence-corrected chi connectivity index (χ1v) is 15.1. The Kier molecular flexibility index (Phi) is 8.03. The maximum absolute atomic E-state index is 2.37. The molecule has 2 aromatic carbocycles. The zero-order valence-corrected chi connectivity index (χ0v) is 17.4.